The molecule has 1 heterocycles. The van der Waals surface area contributed by atoms with Crippen LogP contribution >= 0.6 is 11.8 Å². The second-order valence-corrected chi connectivity index (χ2v) is 2.78. The highest BCUT2D eigenvalue weighted by molar-refractivity contribution is 6.25. The fraction of sp³-hybridized carbons (Fsp3) is 0.125. The molecule has 0 aliphatic heterocycles. The molecule has 0 aliphatic carbocycles. The van der Waals surface area contributed by atoms with Gasteiger partial charge in [0.25, 0.3) is 0 Å². The van der Waals surface area contributed by atoms with Crippen molar-refractivity contribution < 1.29 is 9.90 Å². The van der Waals surface area contributed by atoms with Crippen molar-refractivity contribution in [2.75, 3.05) is 11.4 Å². The lowest BCUT2D eigenvalue weighted by molar-refractivity contribution is -0.135. The Kier molecular flexibility index (Phi) is 3.87. The van der Waals surface area contributed by atoms with Crippen LogP contribution in [-0.2, 0) is 4.79 Å². The van der Waals surface area contributed by atoms with Crippen LogP contribution in [-0.4, -0.2) is 28.4 Å². The number of rotatable bonds is 4. The normalized spacial score (nSPS) is 11.1. The summed E-state index contributed by atoms with van der Waals surface area (Å²) in [6.07, 6.45) is 1.53. The number of nitrogens with one attached hydrogen (secondary N) is 1. The van der Waals surface area contributed by atoms with Crippen LogP contribution in [0.15, 0.2) is 23.3 Å². The van der Waals surface area contributed by atoms with Gasteiger partial charge in [-0.2, -0.15) is 0 Å². The van der Waals surface area contributed by atoms with E-state index in [0.717, 1.165) is 0 Å². The monoisotopic (exact) mass is 228 g/mol. The molecule has 6 nitrogen and oxygen atoms in total. The smallest absolute Gasteiger partial charge is 0.325 e. The number of aliphatic imine (C=N–C) groups is 1. The van der Waals surface area contributed by atoms with Crippen LogP contribution < -0.4 is 10.6 Å². The first kappa shape index (κ1) is 11.3. The molecule has 4 N–H and O–H groups in total. The number of carbonyl (C=O) groups is 1. The Morgan fingerprint density at radius 2 is 2.47 bits per heavy atom. The van der Waals surface area contributed by atoms with E-state index in [9.17, 15) is 4.79 Å². The first-order valence-corrected chi connectivity index (χ1v) is 4.36. The number of anilines is 1. The summed E-state index contributed by atoms with van der Waals surface area (Å²) in [4.78, 5) is 20.1. The maximum atomic E-state index is 10.3. The topological polar surface area (TPSA) is 101 Å². The lowest BCUT2D eigenvalue weighted by Gasteiger charge is -2.04. The molecule has 0 aromatic carbocycles. The number of nitrogens with two attached hydrogens (primary N) is 1. The second-order valence-electron chi connectivity index (χ2n) is 2.59. The largest absolute Gasteiger partial charge is 0.480 e. The summed E-state index contributed by atoms with van der Waals surface area (Å²) in [5, 5.41) is 8.42. The quantitative estimate of drug-likeness (QED) is 0.394. The highest BCUT2D eigenvalue weighted by atomic mass is 35.5. The van der Waals surface area contributed by atoms with Gasteiger partial charge in [0.1, 0.15) is 12.4 Å². The Morgan fingerprint density at radius 3 is 3.07 bits per heavy atom. The minimum absolute atomic E-state index is 0.0775. The summed E-state index contributed by atoms with van der Waals surface area (Å²) >= 11 is 5.40. The van der Waals surface area contributed by atoms with Gasteiger partial charge in [0.2, 0.25) is 0 Å². The Labute approximate surface area is 90.9 Å². The molecule has 0 saturated carbocycles. The van der Waals surface area contributed by atoms with Gasteiger partial charge in [-0.25, -0.2) is 4.98 Å². The van der Waals surface area contributed by atoms with Crippen molar-refractivity contribution in [3.8, 4) is 0 Å². The van der Waals surface area contributed by atoms with E-state index >= 15 is 0 Å². The number of halogens is 1. The number of hydrogen-bond donors (Lipinski definition) is 3. The average Bonchev–Trinajstić information content (AvgIpc) is 2.25. The second kappa shape index (κ2) is 5.16. The van der Waals surface area contributed by atoms with Crippen LogP contribution in [0.1, 0.15) is 5.56 Å². The predicted octanol–water partition coefficient (Wildman–Crippen LogP) is 0.437. The molecular formula is C8H9ClN4O2. The fourth-order valence-electron chi connectivity index (χ4n) is 0.925. The van der Waals surface area contributed by atoms with Crippen molar-refractivity contribution >= 4 is 29.4 Å². The molecule has 1 aromatic rings. The highest BCUT2D eigenvalue weighted by Crippen LogP contribution is 2.11. The summed E-state index contributed by atoms with van der Waals surface area (Å²) < 4.78 is 0. The third-order valence-electron chi connectivity index (χ3n) is 1.56. The van der Waals surface area contributed by atoms with Gasteiger partial charge >= 0.3 is 5.97 Å². The summed E-state index contributed by atoms with van der Waals surface area (Å²) in [6, 6.07) is 3.29. The van der Waals surface area contributed by atoms with Crippen molar-refractivity contribution in [2.45, 2.75) is 0 Å². The van der Waals surface area contributed by atoms with E-state index in [1.165, 1.54) is 6.20 Å². The van der Waals surface area contributed by atoms with E-state index in [1.54, 1.807) is 12.1 Å². The first-order chi connectivity index (χ1) is 7.15. The number of hydrogen-bond acceptors (Lipinski definition) is 4. The van der Waals surface area contributed by atoms with Crippen LogP contribution in [0.3, 0.4) is 0 Å². The van der Waals surface area contributed by atoms with E-state index in [4.69, 9.17) is 22.6 Å². The van der Waals surface area contributed by atoms with E-state index < -0.39 is 5.97 Å². The van der Waals surface area contributed by atoms with Crippen molar-refractivity contribution in [1.29, 1.82) is 0 Å². The average molecular weight is 229 g/mol. The molecule has 0 unspecified atom stereocenters. The maximum absolute atomic E-state index is 10.3. The van der Waals surface area contributed by atoms with Crippen LogP contribution in [0.25, 0.3) is 0 Å². The van der Waals surface area contributed by atoms with Crippen molar-refractivity contribution in [3.05, 3.63) is 23.9 Å². The van der Waals surface area contributed by atoms with Crippen molar-refractivity contribution in [3.63, 3.8) is 0 Å². The Morgan fingerprint density at radius 1 is 1.73 bits per heavy atom. The zero-order valence-electron chi connectivity index (χ0n) is 7.64. The van der Waals surface area contributed by atoms with Crippen molar-refractivity contribution in [2.24, 2.45) is 10.7 Å². The Bertz CT molecular complexity index is 394. The minimum Gasteiger partial charge on any atom is -0.480 e. The molecule has 0 saturated heterocycles. The molecule has 7 heteroatoms. The molecule has 0 bridgehead atoms. The molecular weight excluding hydrogens is 220 g/mol. The van der Waals surface area contributed by atoms with Gasteiger partial charge in [-0.3, -0.25) is 14.6 Å². The molecule has 1 aromatic heterocycles. The van der Waals surface area contributed by atoms with E-state index in [2.05, 4.69) is 14.8 Å². The van der Waals surface area contributed by atoms with Crippen LogP contribution in [0.2, 0.25) is 0 Å². The summed E-state index contributed by atoms with van der Waals surface area (Å²) in [7, 11) is 0. The van der Waals surface area contributed by atoms with Gasteiger partial charge in [0, 0.05) is 18.0 Å². The lowest BCUT2D eigenvalue weighted by atomic mass is 10.2. The molecule has 0 aliphatic rings. The first-order valence-electron chi connectivity index (χ1n) is 3.99. The molecule has 0 amide bonds. The molecule has 80 valence electrons. The van der Waals surface area contributed by atoms with Crippen molar-refractivity contribution in [1.82, 2.24) is 4.98 Å². The number of carboxylic acids is 1. The number of amidine groups is 1. The standard InChI is InChI=1S/C8H9ClN4O2/c9-13-8-5(2-1-3-11-8)7(10)12-4-6(14)15/h1-3H,4H2,(H2,10,12)(H,11,13)(H,14,15). The van der Waals surface area contributed by atoms with E-state index in [0.29, 0.717) is 11.4 Å². The summed E-state index contributed by atoms with van der Waals surface area (Å²) in [5.74, 6) is -0.637. The van der Waals surface area contributed by atoms with Gasteiger partial charge in [-0.15, -0.1) is 0 Å². The number of pyridine rings is 1. The molecule has 15 heavy (non-hydrogen) atoms. The fourth-order valence-corrected chi connectivity index (χ4v) is 1.08. The molecule has 0 radical (unpaired) electrons. The van der Waals surface area contributed by atoms with E-state index in [-0.39, 0.29) is 12.4 Å². The third-order valence-corrected chi connectivity index (χ3v) is 1.74. The zero-order valence-corrected chi connectivity index (χ0v) is 8.40. The highest BCUT2D eigenvalue weighted by Gasteiger charge is 2.06. The van der Waals surface area contributed by atoms with Gasteiger partial charge in [0.15, 0.2) is 5.82 Å². The Balaban J connectivity index is 2.94. The predicted molar refractivity (Wildman–Crippen MR) is 56.9 cm³/mol. The summed E-state index contributed by atoms with van der Waals surface area (Å²) in [6.45, 7) is -0.386. The molecule has 0 atom stereocenters. The van der Waals surface area contributed by atoms with Gasteiger partial charge in [-0.1, -0.05) is 0 Å². The van der Waals surface area contributed by atoms with Gasteiger partial charge < -0.3 is 10.8 Å². The lowest BCUT2D eigenvalue weighted by Crippen LogP contribution is -2.17. The molecule has 1 rings (SSSR count). The summed E-state index contributed by atoms with van der Waals surface area (Å²) in [5.41, 5.74) is 6.03. The zero-order chi connectivity index (χ0) is 11.3. The number of aliphatic carboxylic acids is 1. The van der Waals surface area contributed by atoms with Crippen LogP contribution in [0.5, 0.6) is 0 Å². The Hall–Kier alpha value is -1.82. The number of carboxylic acid groups (broad SMARTS) is 1. The van der Waals surface area contributed by atoms with Crippen LogP contribution in [0.4, 0.5) is 5.82 Å². The SMILES string of the molecule is NC(=NCC(=O)O)c1cccnc1NCl. The van der Waals surface area contributed by atoms with Gasteiger partial charge in [0.05, 0.1) is 5.56 Å². The van der Waals surface area contributed by atoms with Gasteiger partial charge in [-0.05, 0) is 12.1 Å². The minimum atomic E-state index is -1.05. The maximum Gasteiger partial charge on any atom is 0.325 e. The van der Waals surface area contributed by atoms with E-state index in [1.807, 2.05) is 0 Å². The molecule has 0 fully saturated rings. The number of aromatic nitrogens is 1. The third kappa shape index (κ3) is 3.10. The molecule has 0 spiro atoms. The van der Waals surface area contributed by atoms with Crippen LogP contribution in [0, 0.1) is 0 Å². The number of nitrogens with zero attached hydrogens (tertiary/aromatic N) is 2.